The van der Waals surface area contributed by atoms with Gasteiger partial charge in [-0.2, -0.15) is 10.1 Å². The Morgan fingerprint density at radius 1 is 1.15 bits per heavy atom. The zero-order valence-electron chi connectivity index (χ0n) is 16.1. The fourth-order valence-corrected chi connectivity index (χ4v) is 3.41. The third-order valence-electron chi connectivity index (χ3n) is 5.42. The maximum atomic E-state index is 6.26. The molecule has 0 saturated heterocycles. The van der Waals surface area contributed by atoms with Crippen LogP contribution < -0.4 is 5.73 Å². The van der Waals surface area contributed by atoms with Crippen molar-refractivity contribution < 1.29 is 4.52 Å². The molecule has 1 aromatic carbocycles. The summed E-state index contributed by atoms with van der Waals surface area (Å²) in [5.74, 6) is 1.09. The SMILES string of the molecule is Cc1ccc(Cn2nc(C)c(/C=C/c3nc(C4(N)CCC4)no3)c2C)cc1. The molecule has 6 heteroatoms. The zero-order chi connectivity index (χ0) is 19.0. The Labute approximate surface area is 159 Å². The lowest BCUT2D eigenvalue weighted by Gasteiger charge is -2.34. The molecular formula is C21H25N5O. The maximum absolute atomic E-state index is 6.26. The van der Waals surface area contributed by atoms with Gasteiger partial charge in [0.05, 0.1) is 17.8 Å². The van der Waals surface area contributed by atoms with Crippen LogP contribution in [-0.2, 0) is 12.1 Å². The van der Waals surface area contributed by atoms with Gasteiger partial charge in [-0.1, -0.05) is 35.0 Å². The number of benzene rings is 1. The topological polar surface area (TPSA) is 82.8 Å². The van der Waals surface area contributed by atoms with Gasteiger partial charge in [-0.15, -0.1) is 0 Å². The molecule has 0 atom stereocenters. The summed E-state index contributed by atoms with van der Waals surface area (Å²) in [7, 11) is 0. The molecule has 4 rings (SSSR count). The van der Waals surface area contributed by atoms with Crippen molar-refractivity contribution in [3.05, 3.63) is 64.1 Å². The molecular weight excluding hydrogens is 338 g/mol. The van der Waals surface area contributed by atoms with Crippen LogP contribution in [0.4, 0.5) is 0 Å². The molecule has 2 aromatic heterocycles. The normalized spacial score (nSPS) is 16.0. The van der Waals surface area contributed by atoms with Crippen molar-refractivity contribution in [2.24, 2.45) is 5.73 Å². The van der Waals surface area contributed by atoms with Crippen molar-refractivity contribution >= 4 is 12.2 Å². The number of nitrogens with zero attached hydrogens (tertiary/aromatic N) is 4. The molecule has 2 N–H and O–H groups in total. The van der Waals surface area contributed by atoms with Crippen LogP contribution in [-0.4, -0.2) is 19.9 Å². The first-order valence-electron chi connectivity index (χ1n) is 9.35. The van der Waals surface area contributed by atoms with Crippen molar-refractivity contribution in [3.8, 4) is 0 Å². The van der Waals surface area contributed by atoms with Gasteiger partial charge in [0.2, 0.25) is 0 Å². The highest BCUT2D eigenvalue weighted by atomic mass is 16.5. The number of rotatable bonds is 5. The van der Waals surface area contributed by atoms with E-state index >= 15 is 0 Å². The minimum Gasteiger partial charge on any atom is -0.335 e. The van der Waals surface area contributed by atoms with E-state index in [1.165, 1.54) is 11.1 Å². The van der Waals surface area contributed by atoms with Gasteiger partial charge in [0, 0.05) is 17.3 Å². The molecule has 27 heavy (non-hydrogen) atoms. The Hall–Kier alpha value is -2.73. The number of hydrogen-bond acceptors (Lipinski definition) is 5. The summed E-state index contributed by atoms with van der Waals surface area (Å²) >= 11 is 0. The summed E-state index contributed by atoms with van der Waals surface area (Å²) in [5, 5.41) is 8.74. The highest BCUT2D eigenvalue weighted by Crippen LogP contribution is 2.36. The summed E-state index contributed by atoms with van der Waals surface area (Å²) < 4.78 is 7.38. The fraction of sp³-hybridized carbons (Fsp3) is 0.381. The molecule has 0 bridgehead atoms. The standard InChI is InChI=1S/C21H25N5O/c1-14-5-7-17(8-6-14)13-26-16(3)18(15(2)24-26)9-10-19-23-20(25-27-19)21(22)11-4-12-21/h5-10H,4,11-13,22H2,1-3H3/b10-9+. The highest BCUT2D eigenvalue weighted by molar-refractivity contribution is 5.68. The molecule has 1 saturated carbocycles. The summed E-state index contributed by atoms with van der Waals surface area (Å²) in [4.78, 5) is 4.44. The Morgan fingerprint density at radius 2 is 1.89 bits per heavy atom. The van der Waals surface area contributed by atoms with E-state index in [1.54, 1.807) is 0 Å². The lowest BCUT2D eigenvalue weighted by atomic mass is 9.77. The van der Waals surface area contributed by atoms with Gasteiger partial charge in [0.1, 0.15) is 0 Å². The Balaban J connectivity index is 1.53. The van der Waals surface area contributed by atoms with Crippen molar-refractivity contribution in [1.82, 2.24) is 19.9 Å². The van der Waals surface area contributed by atoms with Crippen molar-refractivity contribution in [1.29, 1.82) is 0 Å². The minimum atomic E-state index is -0.402. The molecule has 6 nitrogen and oxygen atoms in total. The number of nitrogens with two attached hydrogens (primary N) is 1. The number of hydrogen-bond donors (Lipinski definition) is 1. The van der Waals surface area contributed by atoms with Crippen molar-refractivity contribution in [2.45, 2.75) is 52.1 Å². The molecule has 0 spiro atoms. The summed E-state index contributed by atoms with van der Waals surface area (Å²) in [6.07, 6.45) is 6.78. The van der Waals surface area contributed by atoms with E-state index in [-0.39, 0.29) is 0 Å². The number of aryl methyl sites for hydroxylation is 2. The van der Waals surface area contributed by atoms with Gasteiger partial charge in [0.25, 0.3) is 5.89 Å². The third kappa shape index (κ3) is 3.45. The van der Waals surface area contributed by atoms with E-state index in [2.05, 4.69) is 53.4 Å². The largest absolute Gasteiger partial charge is 0.335 e. The summed E-state index contributed by atoms with van der Waals surface area (Å²) in [5.41, 5.74) is 11.5. The van der Waals surface area contributed by atoms with E-state index in [1.807, 2.05) is 23.8 Å². The predicted molar refractivity (Wildman–Crippen MR) is 105 cm³/mol. The van der Waals surface area contributed by atoms with E-state index in [9.17, 15) is 0 Å². The van der Waals surface area contributed by atoms with Crippen molar-refractivity contribution in [3.63, 3.8) is 0 Å². The van der Waals surface area contributed by atoms with Gasteiger partial charge >= 0.3 is 0 Å². The molecule has 2 heterocycles. The van der Waals surface area contributed by atoms with E-state index in [0.717, 1.165) is 42.8 Å². The zero-order valence-corrected chi connectivity index (χ0v) is 16.1. The molecule has 140 valence electrons. The van der Waals surface area contributed by atoms with Crippen LogP contribution in [0.5, 0.6) is 0 Å². The highest BCUT2D eigenvalue weighted by Gasteiger charge is 2.38. The second-order valence-electron chi connectivity index (χ2n) is 7.53. The first-order valence-corrected chi connectivity index (χ1v) is 9.35. The van der Waals surface area contributed by atoms with Crippen LogP contribution in [0.25, 0.3) is 12.2 Å². The summed E-state index contributed by atoms with van der Waals surface area (Å²) in [6, 6.07) is 8.54. The van der Waals surface area contributed by atoms with E-state index < -0.39 is 5.54 Å². The third-order valence-corrected chi connectivity index (χ3v) is 5.42. The van der Waals surface area contributed by atoms with Gasteiger partial charge in [-0.25, -0.2) is 0 Å². The molecule has 1 aliphatic rings. The second-order valence-corrected chi connectivity index (χ2v) is 7.53. The molecule has 1 fully saturated rings. The molecule has 0 unspecified atom stereocenters. The van der Waals surface area contributed by atoms with Crippen molar-refractivity contribution in [2.75, 3.05) is 0 Å². The van der Waals surface area contributed by atoms with Gasteiger partial charge in [-0.3, -0.25) is 4.68 Å². The van der Waals surface area contributed by atoms with E-state index in [0.29, 0.717) is 11.7 Å². The van der Waals surface area contributed by atoms with Crippen LogP contribution in [0.1, 0.15) is 59.1 Å². The van der Waals surface area contributed by atoms with Gasteiger partial charge in [-0.05, 0) is 51.7 Å². The quantitative estimate of drug-likeness (QED) is 0.746. The number of aromatic nitrogens is 4. The molecule has 0 radical (unpaired) electrons. The Kier molecular flexibility index (Phi) is 4.44. The molecule has 3 aromatic rings. The van der Waals surface area contributed by atoms with Crippen LogP contribution in [0.15, 0.2) is 28.8 Å². The molecule has 1 aliphatic carbocycles. The fourth-order valence-electron chi connectivity index (χ4n) is 3.41. The molecule has 0 amide bonds. The average Bonchev–Trinajstić information content (AvgIpc) is 3.19. The monoisotopic (exact) mass is 363 g/mol. The smallest absolute Gasteiger partial charge is 0.250 e. The lowest BCUT2D eigenvalue weighted by Crippen LogP contribution is -2.44. The van der Waals surface area contributed by atoms with Crippen LogP contribution >= 0.6 is 0 Å². The van der Waals surface area contributed by atoms with Gasteiger partial charge < -0.3 is 10.3 Å². The van der Waals surface area contributed by atoms with Crippen LogP contribution in [0.3, 0.4) is 0 Å². The first-order chi connectivity index (χ1) is 12.9. The van der Waals surface area contributed by atoms with Gasteiger partial charge in [0.15, 0.2) is 5.82 Å². The minimum absolute atomic E-state index is 0.402. The summed E-state index contributed by atoms with van der Waals surface area (Å²) in [6.45, 7) is 6.94. The van der Waals surface area contributed by atoms with Crippen LogP contribution in [0.2, 0.25) is 0 Å². The predicted octanol–water partition coefficient (Wildman–Crippen LogP) is 3.75. The maximum Gasteiger partial charge on any atom is 0.250 e. The average molecular weight is 363 g/mol. The first kappa shape index (κ1) is 17.7. The Bertz CT molecular complexity index is 977. The Morgan fingerprint density at radius 3 is 2.56 bits per heavy atom. The molecule has 0 aliphatic heterocycles. The van der Waals surface area contributed by atoms with E-state index in [4.69, 9.17) is 10.3 Å². The lowest BCUT2D eigenvalue weighted by molar-refractivity contribution is 0.229. The second kappa shape index (κ2) is 6.78. The van der Waals surface area contributed by atoms with Crippen LogP contribution in [0, 0.1) is 20.8 Å².